The summed E-state index contributed by atoms with van der Waals surface area (Å²) >= 11 is 5.32. The number of nitrogens with zero attached hydrogens (tertiary/aromatic N) is 5. The molecule has 9 nitrogen and oxygen atoms in total. The number of hydrogen-bond acceptors (Lipinski definition) is 7. The molecule has 1 fully saturated rings. The lowest BCUT2D eigenvalue weighted by Crippen LogP contribution is -2.35. The molecule has 0 amide bonds. The number of benzene rings is 1. The summed E-state index contributed by atoms with van der Waals surface area (Å²) in [4.78, 5) is 11.6. The Kier molecular flexibility index (Phi) is 7.05. The van der Waals surface area contributed by atoms with E-state index in [4.69, 9.17) is 12.2 Å². The lowest BCUT2D eigenvalue weighted by molar-refractivity contribution is -0.385. The highest BCUT2D eigenvalue weighted by Gasteiger charge is 2.33. The van der Waals surface area contributed by atoms with Crippen LogP contribution in [0, 0.1) is 20.8 Å². The molecule has 2 heterocycles. The van der Waals surface area contributed by atoms with Crippen molar-refractivity contribution < 1.29 is 26.5 Å². The summed E-state index contributed by atoms with van der Waals surface area (Å²) < 4.78 is 66.0. The first-order chi connectivity index (χ1) is 14.8. The van der Waals surface area contributed by atoms with Crippen LogP contribution in [0.25, 0.3) is 0 Å². The Morgan fingerprint density at radius 3 is 2.62 bits per heavy atom. The van der Waals surface area contributed by atoms with Crippen molar-refractivity contribution in [2.45, 2.75) is 32.2 Å². The molecule has 0 aliphatic carbocycles. The van der Waals surface area contributed by atoms with E-state index >= 15 is 0 Å². The number of nitro benzene ring substituents is 1. The topological polar surface area (TPSA) is 103 Å². The zero-order valence-corrected chi connectivity index (χ0v) is 18.8. The Balaban J connectivity index is 1.84. The second-order valence-electron chi connectivity index (χ2n) is 7.86. The van der Waals surface area contributed by atoms with Gasteiger partial charge in [-0.2, -0.15) is 18.3 Å². The summed E-state index contributed by atoms with van der Waals surface area (Å²) in [7, 11) is -1.45. The lowest BCUT2D eigenvalue weighted by Gasteiger charge is -2.23. The Labute approximate surface area is 187 Å². The molecule has 176 valence electrons. The first-order valence-electron chi connectivity index (χ1n) is 9.69. The van der Waals surface area contributed by atoms with Gasteiger partial charge in [-0.05, 0) is 24.6 Å². The van der Waals surface area contributed by atoms with Crippen LogP contribution in [0.1, 0.15) is 17.8 Å². The minimum atomic E-state index is -4.54. The molecule has 1 unspecified atom stereocenters. The highest BCUT2D eigenvalue weighted by atomic mass is 32.2. The molecular weight excluding hydrogens is 471 g/mol. The van der Waals surface area contributed by atoms with Crippen LogP contribution in [0.4, 0.5) is 18.9 Å². The van der Waals surface area contributed by atoms with Gasteiger partial charge in [0.2, 0.25) is 0 Å². The summed E-state index contributed by atoms with van der Waals surface area (Å²) in [5.74, 6) is 0.514. The largest absolute Gasteiger partial charge is 0.401 e. The molecule has 0 bridgehead atoms. The van der Waals surface area contributed by atoms with Crippen molar-refractivity contribution in [1.29, 1.82) is 0 Å². The van der Waals surface area contributed by atoms with E-state index in [1.54, 1.807) is 11.6 Å². The maximum Gasteiger partial charge on any atom is 0.401 e. The van der Waals surface area contributed by atoms with Gasteiger partial charge in [0.1, 0.15) is 5.82 Å². The molecule has 1 aliphatic rings. The van der Waals surface area contributed by atoms with E-state index in [1.807, 2.05) is 0 Å². The number of para-hydroxylation sites is 1. The summed E-state index contributed by atoms with van der Waals surface area (Å²) in [5.41, 5.74) is -0.131. The van der Waals surface area contributed by atoms with E-state index in [-0.39, 0.29) is 46.7 Å². The number of rotatable bonds is 8. The zero-order chi connectivity index (χ0) is 23.7. The number of nitro groups is 1. The Morgan fingerprint density at radius 1 is 1.34 bits per heavy atom. The molecular formula is C18H22F3N5O4S2. The predicted octanol–water partition coefficient (Wildman–Crippen LogP) is 2.86. The quantitative estimate of drug-likeness (QED) is 0.316. The van der Waals surface area contributed by atoms with Gasteiger partial charge in [0.15, 0.2) is 14.6 Å². The molecule has 1 atom stereocenters. The molecule has 0 radical (unpaired) electrons. The molecule has 1 aromatic heterocycles. The van der Waals surface area contributed by atoms with Gasteiger partial charge in [0, 0.05) is 31.6 Å². The fourth-order valence-corrected chi connectivity index (χ4v) is 5.82. The van der Waals surface area contributed by atoms with Gasteiger partial charge < -0.3 is 4.57 Å². The first kappa shape index (κ1) is 24.3. The standard InChI is InChI=1S/C18H22F3N5O4S2/c1-23-16(8-13-6-7-32(29,30)10-13)22-25(17(23)31)12-24(11-18(19,20)21)9-14-4-2-3-5-15(14)26(27)28/h2-5,13H,6-12H2,1H3. The summed E-state index contributed by atoms with van der Waals surface area (Å²) in [6.45, 7) is -1.97. The predicted molar refractivity (Wildman–Crippen MR) is 112 cm³/mol. The fourth-order valence-electron chi connectivity index (χ4n) is 3.76. The average Bonchev–Trinajstić information content (AvgIpc) is 3.14. The summed E-state index contributed by atoms with van der Waals surface area (Å²) in [6.07, 6.45) is -3.70. The van der Waals surface area contributed by atoms with Crippen molar-refractivity contribution >= 4 is 27.7 Å². The van der Waals surface area contributed by atoms with Crippen LogP contribution in [0.5, 0.6) is 0 Å². The van der Waals surface area contributed by atoms with Crippen LogP contribution < -0.4 is 0 Å². The van der Waals surface area contributed by atoms with E-state index in [9.17, 15) is 31.7 Å². The third-order valence-electron chi connectivity index (χ3n) is 5.25. The van der Waals surface area contributed by atoms with Gasteiger partial charge in [0.25, 0.3) is 5.69 Å². The molecule has 0 N–H and O–H groups in total. The SMILES string of the molecule is Cn1c(CC2CCS(=O)(=O)C2)nn(CN(Cc2ccccc2[N+](=O)[O-])CC(F)(F)F)c1=S. The minimum Gasteiger partial charge on any atom is -0.307 e. The lowest BCUT2D eigenvalue weighted by atomic mass is 10.1. The molecule has 3 rings (SSSR count). The van der Waals surface area contributed by atoms with Gasteiger partial charge in [-0.3, -0.25) is 15.0 Å². The smallest absolute Gasteiger partial charge is 0.307 e. The third kappa shape index (κ3) is 6.13. The van der Waals surface area contributed by atoms with E-state index < -0.39 is 27.5 Å². The number of hydrogen-bond donors (Lipinski definition) is 0. The molecule has 1 aliphatic heterocycles. The van der Waals surface area contributed by atoms with Crippen molar-refractivity contribution in [1.82, 2.24) is 19.2 Å². The van der Waals surface area contributed by atoms with Crippen LogP contribution in [0.15, 0.2) is 24.3 Å². The van der Waals surface area contributed by atoms with Crippen LogP contribution in [-0.2, 0) is 36.5 Å². The fraction of sp³-hybridized carbons (Fsp3) is 0.556. The van der Waals surface area contributed by atoms with Gasteiger partial charge in [0.05, 0.1) is 29.6 Å². The van der Waals surface area contributed by atoms with Crippen LogP contribution in [0.2, 0.25) is 0 Å². The molecule has 32 heavy (non-hydrogen) atoms. The highest BCUT2D eigenvalue weighted by Crippen LogP contribution is 2.24. The third-order valence-corrected chi connectivity index (χ3v) is 7.57. The number of sulfone groups is 1. The second kappa shape index (κ2) is 9.27. The normalized spacial score (nSPS) is 18.3. The van der Waals surface area contributed by atoms with Gasteiger partial charge in [-0.25, -0.2) is 13.1 Å². The van der Waals surface area contributed by atoms with Crippen LogP contribution >= 0.6 is 12.2 Å². The zero-order valence-electron chi connectivity index (χ0n) is 17.2. The number of halogens is 3. The number of alkyl halides is 3. The van der Waals surface area contributed by atoms with Gasteiger partial charge in [-0.1, -0.05) is 18.2 Å². The van der Waals surface area contributed by atoms with Crippen molar-refractivity contribution in [2.24, 2.45) is 13.0 Å². The maximum atomic E-state index is 13.2. The van der Waals surface area contributed by atoms with E-state index in [0.717, 1.165) is 4.90 Å². The van der Waals surface area contributed by atoms with Crippen LogP contribution in [-0.4, -0.2) is 56.8 Å². The monoisotopic (exact) mass is 493 g/mol. The first-order valence-corrected chi connectivity index (χ1v) is 11.9. The van der Waals surface area contributed by atoms with E-state index in [2.05, 4.69) is 5.10 Å². The molecule has 2 aromatic rings. The highest BCUT2D eigenvalue weighted by molar-refractivity contribution is 7.91. The van der Waals surface area contributed by atoms with Crippen molar-refractivity contribution in [3.8, 4) is 0 Å². The van der Waals surface area contributed by atoms with Gasteiger partial charge >= 0.3 is 6.18 Å². The van der Waals surface area contributed by atoms with Crippen molar-refractivity contribution in [3.63, 3.8) is 0 Å². The number of aromatic nitrogens is 3. The van der Waals surface area contributed by atoms with E-state index in [1.165, 1.54) is 28.9 Å². The second-order valence-corrected chi connectivity index (χ2v) is 10.5. The summed E-state index contributed by atoms with van der Waals surface area (Å²) in [5, 5.41) is 15.6. The molecule has 0 spiro atoms. The molecule has 1 aromatic carbocycles. The Hall–Kier alpha value is -2.32. The Bertz CT molecular complexity index is 1160. The van der Waals surface area contributed by atoms with Gasteiger partial charge in [-0.15, -0.1) is 0 Å². The van der Waals surface area contributed by atoms with Crippen LogP contribution in [0.3, 0.4) is 0 Å². The molecule has 1 saturated heterocycles. The molecule has 0 saturated carbocycles. The van der Waals surface area contributed by atoms with E-state index in [0.29, 0.717) is 18.7 Å². The average molecular weight is 494 g/mol. The molecule has 14 heteroatoms. The summed E-state index contributed by atoms with van der Waals surface area (Å²) in [6, 6.07) is 5.61. The minimum absolute atomic E-state index is 0.0461. The maximum absolute atomic E-state index is 13.2. The Morgan fingerprint density at radius 2 is 2.03 bits per heavy atom. The van der Waals surface area contributed by atoms with Crippen molar-refractivity contribution in [2.75, 3.05) is 18.1 Å². The van der Waals surface area contributed by atoms with Crippen molar-refractivity contribution in [3.05, 3.63) is 50.5 Å².